The highest BCUT2D eigenvalue weighted by Crippen LogP contribution is 2.48. The van der Waals surface area contributed by atoms with Crippen molar-refractivity contribution in [1.82, 2.24) is 0 Å². The number of rotatable bonds is 5. The molecule has 2 aromatic carbocycles. The third kappa shape index (κ3) is 4.78. The molecule has 4 aliphatic rings. The van der Waals surface area contributed by atoms with E-state index in [4.69, 9.17) is 0 Å². The third-order valence-corrected chi connectivity index (χ3v) is 9.40. The van der Waals surface area contributed by atoms with Gasteiger partial charge in [-0.1, -0.05) is 85.0 Å². The molecule has 0 heterocycles. The molecule has 4 heteroatoms. The number of carbonyl (C=O) groups excluding carboxylic acids is 3. The molecule has 0 bridgehead atoms. The first-order valence-electron chi connectivity index (χ1n) is 14.2. The van der Waals surface area contributed by atoms with Crippen LogP contribution in [0.3, 0.4) is 0 Å². The van der Waals surface area contributed by atoms with Crippen LogP contribution < -0.4 is 5.11 Å². The summed E-state index contributed by atoms with van der Waals surface area (Å²) in [4.78, 5) is 39.1. The molecule has 0 amide bonds. The Bertz CT molecular complexity index is 1390. The molecule has 2 aromatic rings. The lowest BCUT2D eigenvalue weighted by molar-refractivity contribution is -0.317. The summed E-state index contributed by atoms with van der Waals surface area (Å²) in [7, 11) is 0. The van der Waals surface area contributed by atoms with Gasteiger partial charge in [-0.25, -0.2) is 0 Å². The maximum Gasteiger partial charge on any atom is 0.170 e. The molecule has 6 rings (SSSR count). The fourth-order valence-corrected chi connectivity index (χ4v) is 7.34. The van der Waals surface area contributed by atoms with Crippen LogP contribution in [0.5, 0.6) is 0 Å². The van der Waals surface area contributed by atoms with Gasteiger partial charge in [0, 0.05) is 23.3 Å². The molecular formula is C35H33O4-. The molecule has 3 saturated carbocycles. The van der Waals surface area contributed by atoms with E-state index in [1.54, 1.807) is 30.4 Å². The minimum atomic E-state index is -0.237. The van der Waals surface area contributed by atoms with Gasteiger partial charge in [0.15, 0.2) is 17.3 Å². The Labute approximate surface area is 229 Å². The number of hydrogen-bond acceptors (Lipinski definition) is 4. The zero-order chi connectivity index (χ0) is 26.9. The van der Waals surface area contributed by atoms with Crippen LogP contribution in [0.25, 0.3) is 0 Å². The molecule has 6 atom stereocenters. The number of Topliss-reactive ketones (excluding diaryl/α,β-unsaturated/α-hetero) is 3. The minimum absolute atomic E-state index is 0.0438. The Morgan fingerprint density at radius 3 is 1.74 bits per heavy atom. The number of ketones is 3. The van der Waals surface area contributed by atoms with Crippen molar-refractivity contribution in [3.8, 4) is 0 Å². The van der Waals surface area contributed by atoms with E-state index < -0.39 is 0 Å². The van der Waals surface area contributed by atoms with Gasteiger partial charge in [0.1, 0.15) is 0 Å². The van der Waals surface area contributed by atoms with Gasteiger partial charge in [0.05, 0.1) is 5.57 Å². The molecule has 39 heavy (non-hydrogen) atoms. The first kappa shape index (κ1) is 25.5. The summed E-state index contributed by atoms with van der Waals surface area (Å²) >= 11 is 0. The highest BCUT2D eigenvalue weighted by atomic mass is 16.3. The van der Waals surface area contributed by atoms with Crippen molar-refractivity contribution in [3.63, 3.8) is 0 Å². The van der Waals surface area contributed by atoms with E-state index >= 15 is 0 Å². The Kier molecular flexibility index (Phi) is 7.03. The molecule has 0 aliphatic heterocycles. The summed E-state index contributed by atoms with van der Waals surface area (Å²) in [5.74, 6) is -0.452. The molecule has 198 valence electrons. The van der Waals surface area contributed by atoms with Crippen molar-refractivity contribution in [2.45, 2.75) is 50.4 Å². The van der Waals surface area contributed by atoms with Gasteiger partial charge in [0.2, 0.25) is 0 Å². The van der Waals surface area contributed by atoms with Gasteiger partial charge < -0.3 is 5.11 Å². The predicted octanol–water partition coefficient (Wildman–Crippen LogP) is 5.77. The summed E-state index contributed by atoms with van der Waals surface area (Å²) in [6, 6.07) is 20.5. The van der Waals surface area contributed by atoms with Crippen LogP contribution >= 0.6 is 0 Å². The van der Waals surface area contributed by atoms with Crippen LogP contribution in [0.4, 0.5) is 0 Å². The Morgan fingerprint density at radius 1 is 0.590 bits per heavy atom. The summed E-state index contributed by atoms with van der Waals surface area (Å²) < 4.78 is 0. The van der Waals surface area contributed by atoms with Crippen molar-refractivity contribution in [3.05, 3.63) is 119 Å². The predicted molar refractivity (Wildman–Crippen MR) is 148 cm³/mol. The van der Waals surface area contributed by atoms with Crippen molar-refractivity contribution in [2.24, 2.45) is 23.7 Å². The highest BCUT2D eigenvalue weighted by molar-refractivity contribution is 6.27. The monoisotopic (exact) mass is 517 g/mol. The second kappa shape index (κ2) is 10.8. The number of hydrogen-bond donors (Lipinski definition) is 0. The molecule has 6 unspecified atom stereocenters. The van der Waals surface area contributed by atoms with Crippen molar-refractivity contribution >= 4 is 17.3 Å². The zero-order valence-corrected chi connectivity index (χ0v) is 22.0. The number of benzene rings is 2. The van der Waals surface area contributed by atoms with Gasteiger partial charge in [-0.05, 0) is 73.5 Å². The summed E-state index contributed by atoms with van der Waals surface area (Å²) in [6.45, 7) is 0. The minimum Gasteiger partial charge on any atom is -0.875 e. The molecule has 0 N–H and O–H groups in total. The molecule has 0 spiro atoms. The molecule has 0 aromatic heterocycles. The van der Waals surface area contributed by atoms with E-state index in [9.17, 15) is 19.5 Å². The van der Waals surface area contributed by atoms with E-state index in [1.807, 2.05) is 36.4 Å². The van der Waals surface area contributed by atoms with Crippen LogP contribution in [0.2, 0.25) is 0 Å². The van der Waals surface area contributed by atoms with Crippen molar-refractivity contribution in [2.75, 3.05) is 0 Å². The first-order valence-corrected chi connectivity index (χ1v) is 14.2. The molecule has 4 aliphatic carbocycles. The van der Waals surface area contributed by atoms with Crippen LogP contribution in [0, 0.1) is 23.7 Å². The lowest BCUT2D eigenvalue weighted by Gasteiger charge is -2.34. The van der Waals surface area contributed by atoms with E-state index in [1.165, 1.54) is 11.1 Å². The molecular weight excluding hydrogens is 484 g/mol. The fourth-order valence-electron chi connectivity index (χ4n) is 7.34. The molecule has 0 saturated heterocycles. The Balaban J connectivity index is 1.11. The first-order chi connectivity index (χ1) is 19.0. The van der Waals surface area contributed by atoms with Crippen LogP contribution in [-0.4, -0.2) is 17.3 Å². The van der Waals surface area contributed by atoms with Gasteiger partial charge in [0.25, 0.3) is 0 Å². The standard InChI is InChI=1S/C35H34O4/c36-32-26-18-16-24(22-10-4-1-5-11-22)20-30(26)34(38)28(32)14-8-3-9-15-29-33(37)27-19-17-25(21-31(27)35(29)39)23-12-6-2-7-13-23/h1-15,24-27,30-31,38H,16-21H2/p-1. The van der Waals surface area contributed by atoms with Crippen molar-refractivity contribution < 1.29 is 19.5 Å². The normalized spacial score (nSPS) is 32.0. The van der Waals surface area contributed by atoms with Gasteiger partial charge in [-0.3, -0.25) is 14.4 Å². The van der Waals surface area contributed by atoms with Gasteiger partial charge in [-0.15, -0.1) is 5.76 Å². The molecule has 0 radical (unpaired) electrons. The topological polar surface area (TPSA) is 74.3 Å². The number of allylic oxidation sites excluding steroid dienone is 8. The largest absolute Gasteiger partial charge is 0.875 e. The average molecular weight is 518 g/mol. The van der Waals surface area contributed by atoms with E-state index in [-0.39, 0.29) is 57.9 Å². The third-order valence-electron chi connectivity index (χ3n) is 9.40. The van der Waals surface area contributed by atoms with Crippen LogP contribution in [-0.2, 0) is 14.4 Å². The summed E-state index contributed by atoms with van der Waals surface area (Å²) in [5.41, 5.74) is 3.04. The average Bonchev–Trinajstić information content (AvgIpc) is 3.37. The lowest BCUT2D eigenvalue weighted by atomic mass is 9.72. The van der Waals surface area contributed by atoms with Gasteiger partial charge >= 0.3 is 0 Å². The van der Waals surface area contributed by atoms with E-state index in [0.717, 1.165) is 38.5 Å². The quantitative estimate of drug-likeness (QED) is 0.287. The molecule has 4 nitrogen and oxygen atoms in total. The van der Waals surface area contributed by atoms with E-state index in [0.29, 0.717) is 11.8 Å². The smallest absolute Gasteiger partial charge is 0.170 e. The van der Waals surface area contributed by atoms with Crippen LogP contribution in [0.1, 0.15) is 61.5 Å². The second-order valence-electron chi connectivity index (χ2n) is 11.5. The maximum atomic E-state index is 13.1. The second-order valence-corrected chi connectivity index (χ2v) is 11.5. The highest BCUT2D eigenvalue weighted by Gasteiger charge is 2.48. The summed E-state index contributed by atoms with van der Waals surface area (Å²) in [6.07, 6.45) is 13.0. The van der Waals surface area contributed by atoms with E-state index in [2.05, 4.69) is 24.3 Å². The fraction of sp³-hybridized carbons (Fsp3) is 0.343. The number of fused-ring (bicyclic) bond motifs is 2. The Morgan fingerprint density at radius 2 is 1.13 bits per heavy atom. The SMILES string of the molecule is O=C1C(=CC=CC=CC2=C([O-])C3CC(c4ccccc4)CCC3C2=O)C(=O)C2CC(c3ccccc3)CCC12. The van der Waals surface area contributed by atoms with Crippen molar-refractivity contribution in [1.29, 1.82) is 0 Å². The summed E-state index contributed by atoms with van der Waals surface area (Å²) in [5, 5.41) is 13.1. The molecule has 3 fully saturated rings. The van der Waals surface area contributed by atoms with Crippen LogP contribution in [0.15, 0.2) is 108 Å². The maximum absolute atomic E-state index is 13.1. The number of carbonyl (C=O) groups is 3. The Hall–Kier alpha value is -3.79. The lowest BCUT2D eigenvalue weighted by Crippen LogP contribution is -2.28. The van der Waals surface area contributed by atoms with Gasteiger partial charge in [-0.2, -0.15) is 0 Å². The zero-order valence-electron chi connectivity index (χ0n) is 22.0.